The third-order valence-electron chi connectivity index (χ3n) is 4.35. The molecular weight excluding hydrogens is 269 g/mol. The zero-order valence-corrected chi connectivity index (χ0v) is 11.9. The number of hydrogen-bond acceptors (Lipinski definition) is 2. The minimum absolute atomic E-state index is 0.145. The maximum absolute atomic E-state index is 12.4. The highest BCUT2D eigenvalue weighted by Gasteiger charge is 2.43. The quantitative estimate of drug-likeness (QED) is 0.844. The molecule has 3 nitrogen and oxygen atoms in total. The normalized spacial score (nSPS) is 28.6. The van der Waals surface area contributed by atoms with E-state index in [4.69, 9.17) is 0 Å². The monoisotopic (exact) mass is 292 g/mol. The molecule has 2 unspecified atom stereocenters. The van der Waals surface area contributed by atoms with Crippen molar-refractivity contribution in [3.05, 3.63) is 0 Å². The summed E-state index contributed by atoms with van der Waals surface area (Å²) < 4.78 is 37.3. The zero-order chi connectivity index (χ0) is 14.8. The van der Waals surface area contributed by atoms with Gasteiger partial charge in [-0.1, -0.05) is 26.2 Å². The molecule has 1 heterocycles. The Bertz CT molecular complexity index is 340. The Morgan fingerprint density at radius 2 is 1.95 bits per heavy atom. The summed E-state index contributed by atoms with van der Waals surface area (Å²) in [6.45, 7) is 1.77. The third-order valence-corrected chi connectivity index (χ3v) is 4.35. The maximum Gasteiger partial charge on any atom is 0.390 e. The largest absolute Gasteiger partial charge is 0.390 e. The van der Waals surface area contributed by atoms with Crippen molar-refractivity contribution >= 4 is 5.91 Å². The smallest absolute Gasteiger partial charge is 0.325 e. The fourth-order valence-corrected chi connectivity index (χ4v) is 3.36. The Hall–Kier alpha value is -0.780. The second-order valence-corrected chi connectivity index (χ2v) is 5.89. The Balaban J connectivity index is 2.03. The van der Waals surface area contributed by atoms with E-state index in [2.05, 4.69) is 5.32 Å². The van der Waals surface area contributed by atoms with E-state index in [1.54, 1.807) is 0 Å². The fraction of sp³-hybridized carbons (Fsp3) is 0.929. The predicted octanol–water partition coefficient (Wildman–Crippen LogP) is 3.06. The van der Waals surface area contributed by atoms with Crippen LogP contribution >= 0.6 is 0 Å². The van der Waals surface area contributed by atoms with Gasteiger partial charge in [-0.15, -0.1) is 0 Å². The molecule has 6 heteroatoms. The standard InChI is InChI=1S/C14H23F3N2O/c1-2-5-11-13(20)19(9-8-14(15,16)17)12(18-11)10-6-3-4-7-10/h10-12,18H,2-9H2,1H3. The van der Waals surface area contributed by atoms with Crippen LogP contribution in [0, 0.1) is 5.92 Å². The van der Waals surface area contributed by atoms with Crippen LogP contribution in [0.2, 0.25) is 0 Å². The number of hydrogen-bond donors (Lipinski definition) is 1. The molecule has 1 saturated carbocycles. The van der Waals surface area contributed by atoms with Crippen molar-refractivity contribution in [2.45, 2.75) is 70.3 Å². The molecule has 0 radical (unpaired) electrons. The highest BCUT2D eigenvalue weighted by molar-refractivity contribution is 5.84. The average Bonchev–Trinajstić information content (AvgIpc) is 2.96. The highest BCUT2D eigenvalue weighted by atomic mass is 19.4. The van der Waals surface area contributed by atoms with Crippen LogP contribution < -0.4 is 5.32 Å². The predicted molar refractivity (Wildman–Crippen MR) is 70.0 cm³/mol. The summed E-state index contributed by atoms with van der Waals surface area (Å²) in [7, 11) is 0. The van der Waals surface area contributed by atoms with Crippen LogP contribution in [0.4, 0.5) is 13.2 Å². The van der Waals surface area contributed by atoms with Crippen LogP contribution in [0.1, 0.15) is 51.9 Å². The summed E-state index contributed by atoms with van der Waals surface area (Å²) in [5.41, 5.74) is 0. The first-order chi connectivity index (χ1) is 9.42. The molecule has 2 aliphatic rings. The number of halogens is 3. The van der Waals surface area contributed by atoms with Crippen molar-refractivity contribution in [2.24, 2.45) is 5.92 Å². The molecule has 1 saturated heterocycles. The van der Waals surface area contributed by atoms with Gasteiger partial charge in [-0.05, 0) is 25.2 Å². The van der Waals surface area contributed by atoms with E-state index in [0.29, 0.717) is 12.3 Å². The summed E-state index contributed by atoms with van der Waals surface area (Å²) in [5.74, 6) is 0.169. The van der Waals surface area contributed by atoms with Gasteiger partial charge in [0.05, 0.1) is 18.6 Å². The Morgan fingerprint density at radius 1 is 1.30 bits per heavy atom. The number of carbonyl (C=O) groups excluding carboxylic acids is 1. The number of nitrogens with zero attached hydrogens (tertiary/aromatic N) is 1. The summed E-state index contributed by atoms with van der Waals surface area (Å²) in [5, 5.41) is 3.28. The molecule has 2 atom stereocenters. The number of carbonyl (C=O) groups is 1. The maximum atomic E-state index is 12.4. The first-order valence-electron chi connectivity index (χ1n) is 7.55. The molecule has 2 fully saturated rings. The van der Waals surface area contributed by atoms with Crippen LogP contribution in [0.25, 0.3) is 0 Å². The summed E-state index contributed by atoms with van der Waals surface area (Å²) in [6, 6.07) is -0.293. The van der Waals surface area contributed by atoms with Crippen LogP contribution in [0.3, 0.4) is 0 Å². The van der Waals surface area contributed by atoms with E-state index in [-0.39, 0.29) is 24.7 Å². The molecule has 0 bridgehead atoms. The minimum atomic E-state index is -4.21. The lowest BCUT2D eigenvalue weighted by atomic mass is 10.0. The molecule has 1 N–H and O–H groups in total. The molecule has 2 rings (SSSR count). The van der Waals surface area contributed by atoms with Crippen LogP contribution in [-0.2, 0) is 4.79 Å². The van der Waals surface area contributed by atoms with Gasteiger partial charge >= 0.3 is 6.18 Å². The molecule has 0 aromatic heterocycles. The minimum Gasteiger partial charge on any atom is -0.325 e. The molecule has 1 aliphatic carbocycles. The lowest BCUT2D eigenvalue weighted by molar-refractivity contribution is -0.145. The van der Waals surface area contributed by atoms with E-state index in [1.807, 2.05) is 6.92 Å². The van der Waals surface area contributed by atoms with Crippen molar-refractivity contribution < 1.29 is 18.0 Å². The number of nitrogens with one attached hydrogen (secondary N) is 1. The topological polar surface area (TPSA) is 32.3 Å². The first kappa shape index (κ1) is 15.6. The van der Waals surface area contributed by atoms with Crippen molar-refractivity contribution in [1.82, 2.24) is 10.2 Å². The van der Waals surface area contributed by atoms with Crippen LogP contribution in [0.5, 0.6) is 0 Å². The second kappa shape index (κ2) is 6.33. The van der Waals surface area contributed by atoms with E-state index < -0.39 is 12.6 Å². The van der Waals surface area contributed by atoms with Gasteiger partial charge in [0.15, 0.2) is 0 Å². The molecule has 0 aromatic rings. The van der Waals surface area contributed by atoms with Crippen molar-refractivity contribution in [3.63, 3.8) is 0 Å². The van der Waals surface area contributed by atoms with Gasteiger partial charge in [0.1, 0.15) is 0 Å². The summed E-state index contributed by atoms with van der Waals surface area (Å²) in [4.78, 5) is 13.7. The Labute approximate surface area is 117 Å². The molecular formula is C14H23F3N2O. The van der Waals surface area contributed by atoms with Crippen molar-refractivity contribution in [2.75, 3.05) is 6.54 Å². The van der Waals surface area contributed by atoms with Gasteiger partial charge in [0.2, 0.25) is 5.91 Å². The van der Waals surface area contributed by atoms with Crippen LogP contribution in [0.15, 0.2) is 0 Å². The summed E-state index contributed by atoms with van der Waals surface area (Å²) >= 11 is 0. The number of alkyl halides is 3. The first-order valence-corrected chi connectivity index (χ1v) is 7.55. The second-order valence-electron chi connectivity index (χ2n) is 5.89. The van der Waals surface area contributed by atoms with E-state index >= 15 is 0 Å². The molecule has 0 spiro atoms. The number of amides is 1. The zero-order valence-electron chi connectivity index (χ0n) is 11.9. The van der Waals surface area contributed by atoms with Gasteiger partial charge in [-0.2, -0.15) is 13.2 Å². The van der Waals surface area contributed by atoms with Crippen LogP contribution in [-0.4, -0.2) is 35.7 Å². The SMILES string of the molecule is CCCC1NC(C2CCCC2)N(CCC(F)(F)F)C1=O. The van der Waals surface area contributed by atoms with Gasteiger partial charge in [0, 0.05) is 6.54 Å². The molecule has 116 valence electrons. The lowest BCUT2D eigenvalue weighted by Gasteiger charge is -2.29. The Kier molecular flexibility index (Phi) is 4.94. The van der Waals surface area contributed by atoms with Gasteiger partial charge in [-0.25, -0.2) is 0 Å². The summed E-state index contributed by atoms with van der Waals surface area (Å²) in [6.07, 6.45) is 0.484. The van der Waals surface area contributed by atoms with Gasteiger partial charge < -0.3 is 4.90 Å². The van der Waals surface area contributed by atoms with Gasteiger partial charge in [0.25, 0.3) is 0 Å². The average molecular weight is 292 g/mol. The van der Waals surface area contributed by atoms with Gasteiger partial charge in [-0.3, -0.25) is 10.1 Å². The highest BCUT2D eigenvalue weighted by Crippen LogP contribution is 2.33. The molecule has 0 aromatic carbocycles. The molecule has 1 amide bonds. The third kappa shape index (κ3) is 3.65. The van der Waals surface area contributed by atoms with E-state index in [1.165, 1.54) is 4.90 Å². The molecule has 1 aliphatic heterocycles. The fourth-order valence-electron chi connectivity index (χ4n) is 3.36. The lowest BCUT2D eigenvalue weighted by Crippen LogP contribution is -2.43. The Morgan fingerprint density at radius 3 is 2.50 bits per heavy atom. The molecule has 20 heavy (non-hydrogen) atoms. The van der Waals surface area contributed by atoms with Crippen molar-refractivity contribution in [1.29, 1.82) is 0 Å². The number of rotatable bonds is 5. The van der Waals surface area contributed by atoms with Crippen molar-refractivity contribution in [3.8, 4) is 0 Å². The van der Waals surface area contributed by atoms with E-state index in [9.17, 15) is 18.0 Å². The van der Waals surface area contributed by atoms with E-state index in [0.717, 1.165) is 32.1 Å².